The van der Waals surface area contributed by atoms with Crippen LogP contribution in [-0.4, -0.2) is 42.6 Å². The van der Waals surface area contributed by atoms with Gasteiger partial charge in [-0.15, -0.1) is 11.6 Å². The number of methoxy groups -OCH3 is 1. The first-order valence-corrected chi connectivity index (χ1v) is 13.1. The smallest absolute Gasteiger partial charge is 0.348 e. The molecule has 3 rings (SSSR count). The van der Waals surface area contributed by atoms with Gasteiger partial charge in [-0.05, 0) is 51.3 Å². The van der Waals surface area contributed by atoms with E-state index >= 15 is 0 Å². The molecule has 0 saturated carbocycles. The van der Waals surface area contributed by atoms with Crippen LogP contribution in [0.1, 0.15) is 95.2 Å². The number of alkyl halides is 1. The maximum Gasteiger partial charge on any atom is 0.348 e. The average molecular weight is 609 g/mol. The Kier molecular flexibility index (Phi) is 15.1. The maximum atomic E-state index is 13.8. The van der Waals surface area contributed by atoms with Crippen LogP contribution in [0.15, 0.2) is 54.6 Å². The van der Waals surface area contributed by atoms with Gasteiger partial charge in [0.1, 0.15) is 17.2 Å². The maximum absolute atomic E-state index is 13.8. The highest BCUT2D eigenvalue weighted by atomic mass is 35.5. The summed E-state index contributed by atoms with van der Waals surface area (Å²) >= 11 is 6.94. The van der Waals surface area contributed by atoms with E-state index in [0.29, 0.717) is 5.75 Å². The monoisotopic (exact) mass is 608 g/mol. The molecule has 1 fully saturated rings. The van der Waals surface area contributed by atoms with Crippen LogP contribution in [-0.2, 0) is 34.2 Å². The van der Waals surface area contributed by atoms with Gasteiger partial charge in [0.25, 0.3) is 0 Å². The Morgan fingerprint density at radius 1 is 0.929 bits per heavy atom. The van der Waals surface area contributed by atoms with Crippen molar-refractivity contribution in [2.45, 2.75) is 101 Å². The van der Waals surface area contributed by atoms with E-state index in [1.54, 1.807) is 53.9 Å². The SMILES string of the molecule is C.C.C.C.CCC(Cl)(CC(C)(C)C(=O)OC1C(=O)OCC1(C)C)C(=O)OC(C)(c1ccccc1)c1ccc(OC)cc1. The molecule has 1 aliphatic heterocycles. The Morgan fingerprint density at radius 2 is 1.45 bits per heavy atom. The zero-order valence-corrected chi connectivity index (χ0v) is 23.9. The topological polar surface area (TPSA) is 88.1 Å². The first-order chi connectivity index (χ1) is 17.7. The van der Waals surface area contributed by atoms with Crippen LogP contribution >= 0.6 is 11.6 Å². The number of carbonyl (C=O) groups excluding carboxylic acids is 3. The highest BCUT2D eigenvalue weighted by Gasteiger charge is 2.51. The molecule has 1 saturated heterocycles. The number of carbonyl (C=O) groups is 3. The number of ether oxygens (including phenoxy) is 4. The summed E-state index contributed by atoms with van der Waals surface area (Å²) < 4.78 is 22.2. The van der Waals surface area contributed by atoms with Gasteiger partial charge in [0.15, 0.2) is 5.60 Å². The second-order valence-corrected chi connectivity index (χ2v) is 12.0. The van der Waals surface area contributed by atoms with Crippen molar-refractivity contribution < 1.29 is 33.3 Å². The summed E-state index contributed by atoms with van der Waals surface area (Å²) in [5, 5.41) is 0. The first kappa shape index (κ1) is 41.1. The fourth-order valence-corrected chi connectivity index (χ4v) is 4.92. The zero-order chi connectivity index (χ0) is 28.4. The summed E-state index contributed by atoms with van der Waals surface area (Å²) in [7, 11) is 1.58. The van der Waals surface area contributed by atoms with Crippen molar-refractivity contribution in [2.24, 2.45) is 10.8 Å². The number of esters is 3. The van der Waals surface area contributed by atoms with Crippen molar-refractivity contribution in [2.75, 3.05) is 13.7 Å². The zero-order valence-electron chi connectivity index (χ0n) is 23.1. The largest absolute Gasteiger partial charge is 0.497 e. The van der Waals surface area contributed by atoms with Gasteiger partial charge in [-0.2, -0.15) is 0 Å². The molecule has 7 nitrogen and oxygen atoms in total. The minimum absolute atomic E-state index is 0. The standard InChI is InChI=1S/C30H37ClO7.4CH4/c1-8-30(31,18-27(2,3)25(33)37-23-24(32)36-19-28(23,4)5)26(34)38-29(6,20-12-10-9-11-13-20)21-14-16-22(35-7)17-15-21;;;;/h9-17,23H,8,18-19H2,1-7H3;4*1H4. The van der Waals surface area contributed by atoms with Crippen molar-refractivity contribution >= 4 is 29.5 Å². The first-order valence-electron chi connectivity index (χ1n) is 12.7. The highest BCUT2D eigenvalue weighted by Crippen LogP contribution is 2.42. The molecule has 0 spiro atoms. The van der Waals surface area contributed by atoms with Crippen molar-refractivity contribution in [3.63, 3.8) is 0 Å². The molecular weight excluding hydrogens is 556 g/mol. The Hall–Kier alpha value is -3.06. The van der Waals surface area contributed by atoms with Crippen LogP contribution < -0.4 is 4.74 Å². The van der Waals surface area contributed by atoms with Crippen molar-refractivity contribution in [1.82, 2.24) is 0 Å². The fraction of sp³-hybridized carbons (Fsp3) is 0.559. The minimum Gasteiger partial charge on any atom is -0.497 e. The second-order valence-electron chi connectivity index (χ2n) is 11.3. The van der Waals surface area contributed by atoms with Crippen LogP contribution in [0.2, 0.25) is 0 Å². The molecule has 2 aromatic carbocycles. The van der Waals surface area contributed by atoms with E-state index in [0.717, 1.165) is 11.1 Å². The lowest BCUT2D eigenvalue weighted by Crippen LogP contribution is -2.46. The third-order valence-corrected chi connectivity index (χ3v) is 7.75. The molecular formula is C34H53ClO7. The molecule has 0 bridgehead atoms. The van der Waals surface area contributed by atoms with E-state index in [-0.39, 0.29) is 49.2 Å². The quantitative estimate of drug-likeness (QED) is 0.152. The summed E-state index contributed by atoms with van der Waals surface area (Å²) in [6.07, 6.45) is -0.885. The number of rotatable bonds is 10. The summed E-state index contributed by atoms with van der Waals surface area (Å²) in [6, 6.07) is 16.6. The number of benzene rings is 2. The van der Waals surface area contributed by atoms with Crippen LogP contribution in [0.5, 0.6) is 5.75 Å². The van der Waals surface area contributed by atoms with Crippen LogP contribution in [0, 0.1) is 10.8 Å². The molecule has 42 heavy (non-hydrogen) atoms. The van der Waals surface area contributed by atoms with Gasteiger partial charge >= 0.3 is 17.9 Å². The average Bonchev–Trinajstić information content (AvgIpc) is 3.15. The van der Waals surface area contributed by atoms with Crippen LogP contribution in [0.3, 0.4) is 0 Å². The lowest BCUT2D eigenvalue weighted by atomic mass is 9.80. The highest BCUT2D eigenvalue weighted by molar-refractivity contribution is 6.34. The molecule has 8 heteroatoms. The van der Waals surface area contributed by atoms with E-state index in [1.165, 1.54) is 0 Å². The van der Waals surface area contributed by atoms with Crippen molar-refractivity contribution in [1.29, 1.82) is 0 Å². The van der Waals surface area contributed by atoms with Gasteiger partial charge in [0, 0.05) is 11.0 Å². The number of halogens is 1. The lowest BCUT2D eigenvalue weighted by Gasteiger charge is -2.37. The van der Waals surface area contributed by atoms with Crippen LogP contribution in [0.4, 0.5) is 0 Å². The normalized spacial score (nSPS) is 18.1. The van der Waals surface area contributed by atoms with Gasteiger partial charge in [-0.3, -0.25) is 9.59 Å². The molecule has 0 amide bonds. The number of hydrogen-bond acceptors (Lipinski definition) is 7. The van der Waals surface area contributed by atoms with Gasteiger partial charge < -0.3 is 18.9 Å². The number of hydrogen-bond donors (Lipinski definition) is 0. The van der Waals surface area contributed by atoms with E-state index in [9.17, 15) is 14.4 Å². The third kappa shape index (κ3) is 8.50. The Balaban J connectivity index is 0. The molecule has 2 aromatic rings. The fourth-order valence-electron chi connectivity index (χ4n) is 4.54. The van der Waals surface area contributed by atoms with E-state index in [1.807, 2.05) is 49.4 Å². The molecule has 1 aliphatic rings. The Morgan fingerprint density at radius 3 is 1.90 bits per heavy atom. The number of cyclic esters (lactones) is 1. The van der Waals surface area contributed by atoms with Crippen LogP contribution in [0.25, 0.3) is 0 Å². The van der Waals surface area contributed by atoms with E-state index in [2.05, 4.69) is 0 Å². The summed E-state index contributed by atoms with van der Waals surface area (Å²) in [5.41, 5.74) is -1.52. The van der Waals surface area contributed by atoms with Gasteiger partial charge in [0.2, 0.25) is 6.10 Å². The van der Waals surface area contributed by atoms with Gasteiger partial charge in [-0.25, -0.2) is 4.79 Å². The molecule has 3 unspecified atom stereocenters. The van der Waals surface area contributed by atoms with Gasteiger partial charge in [0.05, 0.1) is 12.5 Å². The summed E-state index contributed by atoms with van der Waals surface area (Å²) in [4.78, 5) is 37.6. The third-order valence-electron chi connectivity index (χ3n) is 7.20. The van der Waals surface area contributed by atoms with E-state index < -0.39 is 45.3 Å². The summed E-state index contributed by atoms with van der Waals surface area (Å²) in [5.74, 6) is -1.21. The predicted molar refractivity (Wildman–Crippen MR) is 171 cm³/mol. The molecule has 0 aromatic heterocycles. The molecule has 0 aliphatic carbocycles. The molecule has 0 radical (unpaired) electrons. The molecule has 238 valence electrons. The molecule has 3 atom stereocenters. The van der Waals surface area contributed by atoms with Crippen molar-refractivity contribution in [3.05, 3.63) is 65.7 Å². The van der Waals surface area contributed by atoms with Crippen molar-refractivity contribution in [3.8, 4) is 5.75 Å². The lowest BCUT2D eigenvalue weighted by molar-refractivity contribution is -0.172. The van der Waals surface area contributed by atoms with E-state index in [4.69, 9.17) is 30.5 Å². The Labute approximate surface area is 259 Å². The minimum atomic E-state index is -1.53. The summed E-state index contributed by atoms with van der Waals surface area (Å²) in [6.45, 7) is 10.6. The Bertz CT molecular complexity index is 1160. The molecule has 1 heterocycles. The molecule has 0 N–H and O–H groups in total. The predicted octanol–water partition coefficient (Wildman–Crippen LogP) is 8.35. The second kappa shape index (κ2) is 15.4. The van der Waals surface area contributed by atoms with Gasteiger partial charge in [-0.1, -0.05) is 92.9 Å².